The minimum atomic E-state index is -1.38. The Kier molecular flexibility index (Phi) is 5.45. The van der Waals surface area contributed by atoms with Crippen molar-refractivity contribution in [1.82, 2.24) is 10.5 Å². The Balaban J connectivity index is 1.61. The van der Waals surface area contributed by atoms with Crippen LogP contribution in [0.25, 0.3) is 0 Å². The predicted octanol–water partition coefficient (Wildman–Crippen LogP) is 2.78. The lowest BCUT2D eigenvalue weighted by Gasteiger charge is -2.35. The van der Waals surface area contributed by atoms with Crippen LogP contribution in [0.5, 0.6) is 0 Å². The molecule has 0 radical (unpaired) electrons. The standard InChI is InChI=1S/C27H30N4O6/c1-14-12-18(30-36-14)28-22(33)19-20-24(35)31(17-9-7-8-16(13-17)15(2)32)21(23(34)29-25(3,4)5)27(20)11-10-26(19,6)37-27/h7-13,19-21H,1-6H3,(H,29,34)(H,28,30,33)/t19-,20-,21+,26-,27+/m0/s1. The maximum atomic E-state index is 14.2. The molecule has 0 aliphatic carbocycles. The summed E-state index contributed by atoms with van der Waals surface area (Å²) in [6.07, 6.45) is 3.49. The zero-order valence-electron chi connectivity index (χ0n) is 21.6. The second-order valence-corrected chi connectivity index (χ2v) is 11.2. The van der Waals surface area contributed by atoms with Gasteiger partial charge in [-0.3, -0.25) is 24.1 Å². The molecule has 5 rings (SSSR count). The summed E-state index contributed by atoms with van der Waals surface area (Å²) in [5.41, 5.74) is -2.30. The van der Waals surface area contributed by atoms with Crippen LogP contribution in [0.4, 0.5) is 11.5 Å². The van der Waals surface area contributed by atoms with Crippen LogP contribution in [0.2, 0.25) is 0 Å². The molecule has 3 amide bonds. The number of carbonyl (C=O) groups is 4. The van der Waals surface area contributed by atoms with Crippen molar-refractivity contribution in [1.29, 1.82) is 0 Å². The van der Waals surface area contributed by atoms with Gasteiger partial charge in [0.15, 0.2) is 11.6 Å². The monoisotopic (exact) mass is 506 g/mol. The summed E-state index contributed by atoms with van der Waals surface area (Å²) >= 11 is 0. The van der Waals surface area contributed by atoms with Crippen molar-refractivity contribution in [2.75, 3.05) is 10.2 Å². The van der Waals surface area contributed by atoms with Gasteiger partial charge in [0.2, 0.25) is 17.7 Å². The van der Waals surface area contributed by atoms with Crippen molar-refractivity contribution in [3.63, 3.8) is 0 Å². The third-order valence-corrected chi connectivity index (χ3v) is 7.14. The highest BCUT2D eigenvalue weighted by Gasteiger charge is 2.76. The number of fused-ring (bicyclic) bond motifs is 1. The van der Waals surface area contributed by atoms with E-state index in [0.29, 0.717) is 17.0 Å². The van der Waals surface area contributed by atoms with Crippen LogP contribution in [0, 0.1) is 18.8 Å². The van der Waals surface area contributed by atoms with Gasteiger partial charge in [-0.25, -0.2) is 0 Å². The maximum absolute atomic E-state index is 14.2. The number of benzene rings is 1. The lowest BCUT2D eigenvalue weighted by molar-refractivity contribution is -0.131. The van der Waals surface area contributed by atoms with E-state index >= 15 is 0 Å². The molecular formula is C27H30N4O6. The lowest BCUT2D eigenvalue weighted by atomic mass is 9.70. The average molecular weight is 507 g/mol. The first-order chi connectivity index (χ1) is 17.3. The van der Waals surface area contributed by atoms with Crippen LogP contribution in [0.15, 0.2) is 47.0 Å². The van der Waals surface area contributed by atoms with Gasteiger partial charge in [-0.2, -0.15) is 0 Å². The molecular weight excluding hydrogens is 476 g/mol. The van der Waals surface area contributed by atoms with Crippen LogP contribution < -0.4 is 15.5 Å². The molecule has 0 saturated carbocycles. The number of ether oxygens (including phenoxy) is 1. The number of amides is 3. The third-order valence-electron chi connectivity index (χ3n) is 7.14. The number of aromatic nitrogens is 1. The number of aryl methyl sites for hydroxylation is 1. The van der Waals surface area contributed by atoms with Crippen LogP contribution >= 0.6 is 0 Å². The van der Waals surface area contributed by atoms with Crippen molar-refractivity contribution in [2.24, 2.45) is 11.8 Å². The topological polar surface area (TPSA) is 131 Å². The third kappa shape index (κ3) is 3.87. The van der Waals surface area contributed by atoms with E-state index in [9.17, 15) is 19.2 Å². The second-order valence-electron chi connectivity index (χ2n) is 11.2. The first-order valence-electron chi connectivity index (χ1n) is 12.2. The van der Waals surface area contributed by atoms with E-state index < -0.39 is 52.3 Å². The second kappa shape index (κ2) is 8.11. The van der Waals surface area contributed by atoms with E-state index in [1.54, 1.807) is 56.3 Å². The minimum absolute atomic E-state index is 0.174. The van der Waals surface area contributed by atoms with Gasteiger partial charge in [-0.1, -0.05) is 29.4 Å². The Bertz CT molecular complexity index is 1360. The van der Waals surface area contributed by atoms with Crippen molar-refractivity contribution in [3.05, 3.63) is 53.8 Å². The number of Topliss-reactive ketones (excluding diaryl/α,β-unsaturated/α-hetero) is 1. The fraction of sp³-hybridized carbons (Fsp3) is 0.444. The van der Waals surface area contributed by atoms with Crippen molar-refractivity contribution in [2.45, 2.75) is 64.3 Å². The van der Waals surface area contributed by atoms with Gasteiger partial charge < -0.3 is 19.9 Å². The molecule has 194 valence electrons. The number of carbonyl (C=O) groups excluding carboxylic acids is 4. The van der Waals surface area contributed by atoms with Gasteiger partial charge in [-0.15, -0.1) is 0 Å². The summed E-state index contributed by atoms with van der Waals surface area (Å²) in [6.45, 7) is 10.4. The molecule has 2 N–H and O–H groups in total. The van der Waals surface area contributed by atoms with Gasteiger partial charge in [0.25, 0.3) is 0 Å². The first kappa shape index (κ1) is 24.9. The molecule has 1 aromatic heterocycles. The highest BCUT2D eigenvalue weighted by atomic mass is 16.5. The van der Waals surface area contributed by atoms with Crippen LogP contribution in [-0.4, -0.2) is 51.4 Å². The minimum Gasteiger partial charge on any atom is -0.360 e. The molecule has 10 nitrogen and oxygen atoms in total. The number of nitrogens with zero attached hydrogens (tertiary/aromatic N) is 2. The summed E-state index contributed by atoms with van der Waals surface area (Å²) in [5.74, 6) is -2.65. The molecule has 10 heteroatoms. The largest absolute Gasteiger partial charge is 0.360 e. The van der Waals surface area contributed by atoms with E-state index in [2.05, 4.69) is 15.8 Å². The molecule has 4 heterocycles. The normalized spacial score (nSPS) is 29.9. The number of hydrogen-bond donors (Lipinski definition) is 2. The molecule has 37 heavy (non-hydrogen) atoms. The summed E-state index contributed by atoms with van der Waals surface area (Å²) in [6, 6.07) is 7.04. The van der Waals surface area contributed by atoms with Gasteiger partial charge in [-0.05, 0) is 53.7 Å². The zero-order valence-corrected chi connectivity index (χ0v) is 21.6. The Morgan fingerprint density at radius 3 is 2.46 bits per heavy atom. The van der Waals surface area contributed by atoms with Crippen LogP contribution in [-0.2, 0) is 19.1 Å². The van der Waals surface area contributed by atoms with Crippen molar-refractivity contribution >= 4 is 35.0 Å². The van der Waals surface area contributed by atoms with E-state index in [1.807, 2.05) is 20.8 Å². The number of ketones is 1. The fourth-order valence-corrected chi connectivity index (χ4v) is 5.75. The first-order valence-corrected chi connectivity index (χ1v) is 12.2. The molecule has 0 unspecified atom stereocenters. The quantitative estimate of drug-likeness (QED) is 0.471. The molecule has 2 saturated heterocycles. The fourth-order valence-electron chi connectivity index (χ4n) is 5.75. The molecule has 1 spiro atoms. The molecule has 5 atom stereocenters. The summed E-state index contributed by atoms with van der Waals surface area (Å²) < 4.78 is 11.5. The Morgan fingerprint density at radius 1 is 1.11 bits per heavy atom. The smallest absolute Gasteiger partial charge is 0.246 e. The Hall–Kier alpha value is -3.79. The highest BCUT2D eigenvalue weighted by molar-refractivity contribution is 6.12. The summed E-state index contributed by atoms with van der Waals surface area (Å²) in [7, 11) is 0. The van der Waals surface area contributed by atoms with Gasteiger partial charge >= 0.3 is 0 Å². The van der Waals surface area contributed by atoms with E-state index in [1.165, 1.54) is 11.8 Å². The van der Waals surface area contributed by atoms with Gasteiger partial charge in [0, 0.05) is 22.9 Å². The van der Waals surface area contributed by atoms with Crippen molar-refractivity contribution < 1.29 is 28.4 Å². The van der Waals surface area contributed by atoms with E-state index in [4.69, 9.17) is 9.26 Å². The Labute approximate surface area is 214 Å². The van der Waals surface area contributed by atoms with Crippen LogP contribution in [0.3, 0.4) is 0 Å². The number of nitrogens with one attached hydrogen (secondary N) is 2. The molecule has 3 aliphatic rings. The Morgan fingerprint density at radius 2 is 1.84 bits per heavy atom. The van der Waals surface area contributed by atoms with Gasteiger partial charge in [0.05, 0.1) is 17.4 Å². The lowest BCUT2D eigenvalue weighted by Crippen LogP contribution is -2.58. The van der Waals surface area contributed by atoms with E-state index in [0.717, 1.165) is 0 Å². The molecule has 3 aliphatic heterocycles. The number of anilines is 2. The van der Waals surface area contributed by atoms with Gasteiger partial charge in [0.1, 0.15) is 17.4 Å². The van der Waals surface area contributed by atoms with Crippen LogP contribution in [0.1, 0.15) is 50.7 Å². The zero-order chi connectivity index (χ0) is 26.9. The predicted molar refractivity (Wildman–Crippen MR) is 134 cm³/mol. The average Bonchev–Trinajstić information content (AvgIpc) is 3.49. The molecule has 1 aromatic carbocycles. The van der Waals surface area contributed by atoms with Crippen molar-refractivity contribution in [3.8, 4) is 0 Å². The highest BCUT2D eigenvalue weighted by Crippen LogP contribution is 2.60. The summed E-state index contributed by atoms with van der Waals surface area (Å²) in [5, 5.41) is 9.53. The number of hydrogen-bond acceptors (Lipinski definition) is 7. The molecule has 2 fully saturated rings. The number of rotatable bonds is 5. The maximum Gasteiger partial charge on any atom is 0.246 e. The summed E-state index contributed by atoms with van der Waals surface area (Å²) in [4.78, 5) is 55.0. The molecule has 2 bridgehead atoms. The van der Waals surface area contributed by atoms with E-state index in [-0.39, 0.29) is 11.6 Å². The SMILES string of the molecule is CC(=O)c1cccc(N2C(=O)[C@@H]3[C@@H](C(=O)Nc4cc(C)on4)[C@]4(C)C=C[C@]3(O4)[C@H]2C(=O)NC(C)(C)C)c1. The molecule has 2 aromatic rings.